The first-order valence-electron chi connectivity index (χ1n) is 10.1. The van der Waals surface area contributed by atoms with Crippen LogP contribution in [0.5, 0.6) is 0 Å². The largest absolute Gasteiger partial charge is 0.467 e. The molecular weight excluding hydrogens is 432 g/mol. The number of rotatable bonds is 5. The summed E-state index contributed by atoms with van der Waals surface area (Å²) in [4.78, 5) is 29.6. The monoisotopic (exact) mass is 458 g/mol. The number of nitrogens with zero attached hydrogens (tertiary/aromatic N) is 2. The Morgan fingerprint density at radius 2 is 1.69 bits per heavy atom. The predicted octanol–water partition coefficient (Wildman–Crippen LogP) is 5.09. The molecule has 3 rings (SSSR count). The van der Waals surface area contributed by atoms with Gasteiger partial charge in [-0.15, -0.1) is 0 Å². The summed E-state index contributed by atoms with van der Waals surface area (Å²) in [5, 5.41) is 0.593. The maximum absolute atomic E-state index is 12.9. The molecule has 2 aromatic heterocycles. The lowest BCUT2D eigenvalue weighted by molar-refractivity contribution is -0.164. The highest BCUT2D eigenvalue weighted by molar-refractivity contribution is 6.30. The van der Waals surface area contributed by atoms with E-state index in [1.165, 1.54) is 14.2 Å². The SMILES string of the molecule is COC(=O)c1cn2c(C)c([C@H](OC(C)(C)C)C(=O)OC)c(-c3ccc(Cl)cc3)c(C)c2n1. The highest BCUT2D eigenvalue weighted by Gasteiger charge is 2.34. The summed E-state index contributed by atoms with van der Waals surface area (Å²) in [5.74, 6) is -1.07. The van der Waals surface area contributed by atoms with Gasteiger partial charge in [-0.05, 0) is 57.9 Å². The van der Waals surface area contributed by atoms with Crippen molar-refractivity contribution in [2.45, 2.75) is 46.3 Å². The molecule has 0 fully saturated rings. The maximum atomic E-state index is 12.9. The zero-order valence-corrected chi connectivity index (χ0v) is 20.0. The second kappa shape index (κ2) is 8.92. The van der Waals surface area contributed by atoms with Gasteiger partial charge in [0.05, 0.1) is 19.8 Å². The number of hydrogen-bond donors (Lipinski definition) is 0. The van der Waals surface area contributed by atoms with Gasteiger partial charge in [0.25, 0.3) is 0 Å². The van der Waals surface area contributed by atoms with Crippen LogP contribution < -0.4 is 0 Å². The molecule has 0 aliphatic carbocycles. The Morgan fingerprint density at radius 3 is 2.22 bits per heavy atom. The highest BCUT2D eigenvalue weighted by atomic mass is 35.5. The van der Waals surface area contributed by atoms with Crippen LogP contribution in [0.25, 0.3) is 16.8 Å². The van der Waals surface area contributed by atoms with Crippen LogP contribution in [-0.4, -0.2) is 41.1 Å². The number of benzene rings is 1. The number of ether oxygens (including phenoxy) is 3. The zero-order valence-electron chi connectivity index (χ0n) is 19.3. The number of methoxy groups -OCH3 is 2. The van der Waals surface area contributed by atoms with Crippen LogP contribution in [0.2, 0.25) is 5.02 Å². The van der Waals surface area contributed by atoms with Gasteiger partial charge in [-0.3, -0.25) is 0 Å². The molecule has 8 heteroatoms. The lowest BCUT2D eigenvalue weighted by Crippen LogP contribution is -2.29. The average Bonchev–Trinajstić information content (AvgIpc) is 3.20. The Kier molecular flexibility index (Phi) is 6.62. The second-order valence-corrected chi connectivity index (χ2v) is 8.89. The second-order valence-electron chi connectivity index (χ2n) is 8.45. The van der Waals surface area contributed by atoms with Gasteiger partial charge >= 0.3 is 11.9 Å². The molecule has 0 aliphatic heterocycles. The molecule has 0 saturated carbocycles. The molecule has 32 heavy (non-hydrogen) atoms. The van der Waals surface area contributed by atoms with E-state index in [1.54, 1.807) is 22.7 Å². The summed E-state index contributed by atoms with van der Waals surface area (Å²) in [6.07, 6.45) is 0.599. The number of imidazole rings is 1. The zero-order chi connectivity index (χ0) is 23.8. The maximum Gasteiger partial charge on any atom is 0.358 e. The van der Waals surface area contributed by atoms with Crippen molar-refractivity contribution in [2.24, 2.45) is 0 Å². The molecule has 7 nitrogen and oxygen atoms in total. The van der Waals surface area contributed by atoms with Gasteiger partial charge < -0.3 is 18.6 Å². The third-order valence-electron chi connectivity index (χ3n) is 5.11. The minimum Gasteiger partial charge on any atom is -0.467 e. The first kappa shape index (κ1) is 23.8. The number of fused-ring (bicyclic) bond motifs is 1. The molecule has 2 heterocycles. The highest BCUT2D eigenvalue weighted by Crippen LogP contribution is 2.39. The topological polar surface area (TPSA) is 79.1 Å². The van der Waals surface area contributed by atoms with Gasteiger partial charge in [0.1, 0.15) is 5.65 Å². The third kappa shape index (κ3) is 4.49. The van der Waals surface area contributed by atoms with Crippen LogP contribution in [0.15, 0.2) is 30.5 Å². The smallest absolute Gasteiger partial charge is 0.358 e. The van der Waals surface area contributed by atoms with Crippen molar-refractivity contribution in [2.75, 3.05) is 14.2 Å². The van der Waals surface area contributed by atoms with Crippen LogP contribution in [0.3, 0.4) is 0 Å². The van der Waals surface area contributed by atoms with Gasteiger partial charge in [-0.1, -0.05) is 23.7 Å². The fourth-order valence-electron chi connectivity index (χ4n) is 3.72. The number of carbonyl (C=O) groups is 2. The molecule has 3 aromatic rings. The minimum atomic E-state index is -1.00. The number of hydrogen-bond acceptors (Lipinski definition) is 6. The number of aryl methyl sites for hydroxylation is 2. The average molecular weight is 459 g/mol. The molecule has 0 N–H and O–H groups in total. The van der Waals surface area contributed by atoms with E-state index in [2.05, 4.69) is 4.98 Å². The summed E-state index contributed by atoms with van der Waals surface area (Å²) in [5.41, 5.74) is 3.83. The fraction of sp³-hybridized carbons (Fsp3) is 0.375. The lowest BCUT2D eigenvalue weighted by Gasteiger charge is -2.29. The van der Waals surface area contributed by atoms with Gasteiger partial charge in [-0.25, -0.2) is 14.6 Å². The normalized spacial score (nSPS) is 12.6. The van der Waals surface area contributed by atoms with Crippen LogP contribution in [-0.2, 0) is 19.0 Å². The van der Waals surface area contributed by atoms with Crippen molar-refractivity contribution in [3.8, 4) is 11.1 Å². The van der Waals surface area contributed by atoms with Crippen molar-refractivity contribution < 1.29 is 23.8 Å². The van der Waals surface area contributed by atoms with E-state index in [0.717, 1.165) is 16.7 Å². The molecule has 170 valence electrons. The molecular formula is C24H27ClN2O5. The molecule has 1 atom stereocenters. The van der Waals surface area contributed by atoms with Crippen LogP contribution >= 0.6 is 11.6 Å². The Hall–Kier alpha value is -2.90. The summed E-state index contributed by atoms with van der Waals surface area (Å²) in [7, 11) is 2.64. The molecule has 0 saturated heterocycles. The Balaban J connectivity index is 2.43. The molecule has 1 aromatic carbocycles. The molecule has 0 bridgehead atoms. The first-order chi connectivity index (χ1) is 15.0. The van der Waals surface area contributed by atoms with Gasteiger partial charge in [0.2, 0.25) is 0 Å². The van der Waals surface area contributed by atoms with Crippen LogP contribution in [0, 0.1) is 13.8 Å². The molecule has 0 unspecified atom stereocenters. The molecule has 0 aliphatic rings. The van der Waals surface area contributed by atoms with Crippen molar-refractivity contribution in [1.29, 1.82) is 0 Å². The Bertz CT molecular complexity index is 1180. The Labute approximate surface area is 192 Å². The van der Waals surface area contributed by atoms with E-state index in [4.69, 9.17) is 25.8 Å². The lowest BCUT2D eigenvalue weighted by atomic mass is 9.91. The quantitative estimate of drug-likeness (QED) is 0.495. The van der Waals surface area contributed by atoms with Gasteiger partial charge in [0.15, 0.2) is 11.8 Å². The summed E-state index contributed by atoms with van der Waals surface area (Å²) in [6, 6.07) is 7.31. The number of aromatic nitrogens is 2. The number of halogens is 1. The summed E-state index contributed by atoms with van der Waals surface area (Å²) >= 11 is 6.12. The number of pyridine rings is 1. The van der Waals surface area contributed by atoms with Gasteiger partial charge in [0, 0.05) is 28.0 Å². The van der Waals surface area contributed by atoms with E-state index in [-0.39, 0.29) is 5.69 Å². The van der Waals surface area contributed by atoms with Crippen molar-refractivity contribution in [3.05, 3.63) is 58.0 Å². The molecule has 0 spiro atoms. The van der Waals surface area contributed by atoms with E-state index in [1.807, 2.05) is 46.8 Å². The third-order valence-corrected chi connectivity index (χ3v) is 5.37. The fourth-order valence-corrected chi connectivity index (χ4v) is 3.85. The molecule has 0 amide bonds. The van der Waals surface area contributed by atoms with Crippen molar-refractivity contribution in [1.82, 2.24) is 9.38 Å². The van der Waals surface area contributed by atoms with Crippen LogP contribution in [0.1, 0.15) is 54.2 Å². The molecule has 0 radical (unpaired) electrons. The first-order valence-corrected chi connectivity index (χ1v) is 10.5. The predicted molar refractivity (Wildman–Crippen MR) is 122 cm³/mol. The number of esters is 2. The van der Waals surface area contributed by atoms with Crippen molar-refractivity contribution >= 4 is 29.2 Å². The van der Waals surface area contributed by atoms with Gasteiger partial charge in [-0.2, -0.15) is 0 Å². The standard InChI is InChI=1S/C24H27ClN2O5/c1-13-18(15-8-10-16(25)11-9-15)19(20(23(29)31-7)32-24(3,4)5)14(2)27-12-17(22(28)30-6)26-21(13)27/h8-12,20H,1-7H3/t20-/m0/s1. The van der Waals surface area contributed by atoms with E-state index in [0.29, 0.717) is 21.9 Å². The summed E-state index contributed by atoms with van der Waals surface area (Å²) in [6.45, 7) is 9.36. The summed E-state index contributed by atoms with van der Waals surface area (Å²) < 4.78 is 17.9. The minimum absolute atomic E-state index is 0.171. The van der Waals surface area contributed by atoms with E-state index >= 15 is 0 Å². The van der Waals surface area contributed by atoms with Crippen LogP contribution in [0.4, 0.5) is 0 Å². The number of carbonyl (C=O) groups excluding carboxylic acids is 2. The van der Waals surface area contributed by atoms with Crippen molar-refractivity contribution in [3.63, 3.8) is 0 Å². The van der Waals surface area contributed by atoms with E-state index in [9.17, 15) is 9.59 Å². The Morgan fingerprint density at radius 1 is 1.06 bits per heavy atom. The van der Waals surface area contributed by atoms with E-state index < -0.39 is 23.6 Å².